The van der Waals surface area contributed by atoms with Crippen molar-refractivity contribution in [3.8, 4) is 0 Å². The number of nitrogens with zero attached hydrogens (tertiary/aromatic N) is 1. The average molecular weight is 274 g/mol. The largest absolute Gasteiger partial charge is 0.315 e. The van der Waals surface area contributed by atoms with Crippen LogP contribution < -0.4 is 5.32 Å². The van der Waals surface area contributed by atoms with Gasteiger partial charge in [-0.3, -0.25) is 4.90 Å². The van der Waals surface area contributed by atoms with Gasteiger partial charge in [-0.2, -0.15) is 0 Å². The summed E-state index contributed by atoms with van der Waals surface area (Å²) in [7, 11) is 0. The Kier molecular flexibility index (Phi) is 5.22. The number of nitrogens with one attached hydrogen (secondary N) is 1. The molecule has 1 aliphatic heterocycles. The van der Waals surface area contributed by atoms with Crippen molar-refractivity contribution in [2.45, 2.75) is 53.5 Å². The lowest BCUT2D eigenvalue weighted by Crippen LogP contribution is -2.33. The third-order valence-corrected chi connectivity index (χ3v) is 4.96. The first kappa shape index (κ1) is 15.5. The summed E-state index contributed by atoms with van der Waals surface area (Å²) in [5.41, 5.74) is 7.46. The van der Waals surface area contributed by atoms with Crippen molar-refractivity contribution in [2.75, 3.05) is 26.2 Å². The number of aryl methyl sites for hydroxylation is 2. The van der Waals surface area contributed by atoms with Crippen molar-refractivity contribution in [1.29, 1.82) is 0 Å². The molecule has 1 aromatic rings. The highest BCUT2D eigenvalue weighted by atomic mass is 15.2. The lowest BCUT2D eigenvalue weighted by Gasteiger charge is -2.33. The number of rotatable bonds is 3. The number of hydrogen-bond donors (Lipinski definition) is 1. The van der Waals surface area contributed by atoms with Crippen LogP contribution in [-0.4, -0.2) is 31.1 Å². The van der Waals surface area contributed by atoms with Crippen LogP contribution in [0.25, 0.3) is 0 Å². The molecule has 0 aromatic heterocycles. The van der Waals surface area contributed by atoms with Crippen LogP contribution in [0.15, 0.2) is 6.07 Å². The molecule has 1 unspecified atom stereocenters. The Morgan fingerprint density at radius 3 is 2.30 bits per heavy atom. The molecule has 1 aromatic carbocycles. The van der Waals surface area contributed by atoms with Crippen molar-refractivity contribution in [1.82, 2.24) is 10.2 Å². The zero-order valence-electron chi connectivity index (χ0n) is 13.8. The van der Waals surface area contributed by atoms with Crippen LogP contribution in [0.3, 0.4) is 0 Å². The van der Waals surface area contributed by atoms with Gasteiger partial charge in [0.05, 0.1) is 0 Å². The van der Waals surface area contributed by atoms with E-state index in [0.717, 1.165) is 13.1 Å². The molecule has 1 saturated heterocycles. The van der Waals surface area contributed by atoms with Crippen LogP contribution in [0.2, 0.25) is 0 Å². The summed E-state index contributed by atoms with van der Waals surface area (Å²) < 4.78 is 0. The smallest absolute Gasteiger partial charge is 0.0351 e. The molecular formula is C18H30N2. The molecule has 2 rings (SSSR count). The van der Waals surface area contributed by atoms with E-state index in [0.29, 0.717) is 6.04 Å². The second-order valence-electron chi connectivity index (χ2n) is 6.24. The third-order valence-electron chi connectivity index (χ3n) is 4.96. The number of hydrogen-bond acceptors (Lipinski definition) is 2. The maximum absolute atomic E-state index is 3.52. The Hall–Kier alpha value is -0.860. The van der Waals surface area contributed by atoms with Gasteiger partial charge >= 0.3 is 0 Å². The first-order valence-electron chi connectivity index (χ1n) is 8.08. The highest BCUT2D eigenvalue weighted by molar-refractivity contribution is 5.45. The predicted molar refractivity (Wildman–Crippen MR) is 87.5 cm³/mol. The Morgan fingerprint density at radius 2 is 1.70 bits per heavy atom. The molecular weight excluding hydrogens is 244 g/mol. The highest BCUT2D eigenvalue weighted by Gasteiger charge is 2.23. The van der Waals surface area contributed by atoms with Gasteiger partial charge in [0.2, 0.25) is 0 Å². The van der Waals surface area contributed by atoms with Gasteiger partial charge in [-0.1, -0.05) is 13.0 Å². The molecule has 20 heavy (non-hydrogen) atoms. The van der Waals surface area contributed by atoms with E-state index < -0.39 is 0 Å². The molecule has 0 aliphatic carbocycles. The van der Waals surface area contributed by atoms with E-state index in [1.807, 2.05) is 0 Å². The van der Waals surface area contributed by atoms with Gasteiger partial charge in [-0.05, 0) is 74.9 Å². The summed E-state index contributed by atoms with van der Waals surface area (Å²) in [6, 6.07) is 2.92. The molecule has 0 amide bonds. The molecule has 1 heterocycles. The summed E-state index contributed by atoms with van der Waals surface area (Å²) in [6.07, 6.45) is 2.46. The molecule has 0 radical (unpaired) electrons. The number of benzene rings is 1. The van der Waals surface area contributed by atoms with Crippen LogP contribution in [0.4, 0.5) is 0 Å². The highest BCUT2D eigenvalue weighted by Crippen LogP contribution is 2.33. The van der Waals surface area contributed by atoms with E-state index in [4.69, 9.17) is 0 Å². The van der Waals surface area contributed by atoms with Gasteiger partial charge in [0, 0.05) is 25.7 Å². The molecule has 0 saturated carbocycles. The quantitative estimate of drug-likeness (QED) is 0.905. The minimum Gasteiger partial charge on any atom is -0.315 e. The second kappa shape index (κ2) is 6.73. The van der Waals surface area contributed by atoms with E-state index in [1.165, 1.54) is 48.2 Å². The van der Waals surface area contributed by atoms with Crippen molar-refractivity contribution in [2.24, 2.45) is 0 Å². The van der Waals surface area contributed by atoms with Crippen molar-refractivity contribution in [3.05, 3.63) is 33.9 Å². The summed E-state index contributed by atoms with van der Waals surface area (Å²) in [4.78, 5) is 2.69. The normalized spacial score (nSPS) is 18.9. The van der Waals surface area contributed by atoms with Gasteiger partial charge in [0.25, 0.3) is 0 Å². The Labute approximate surface area is 124 Å². The van der Waals surface area contributed by atoms with E-state index in [-0.39, 0.29) is 0 Å². The van der Waals surface area contributed by atoms with Gasteiger partial charge in [0.1, 0.15) is 0 Å². The molecule has 112 valence electrons. The average Bonchev–Trinajstić information content (AvgIpc) is 2.70. The van der Waals surface area contributed by atoms with Gasteiger partial charge in [-0.15, -0.1) is 0 Å². The van der Waals surface area contributed by atoms with Crippen LogP contribution in [0.5, 0.6) is 0 Å². The van der Waals surface area contributed by atoms with E-state index >= 15 is 0 Å². The molecule has 1 atom stereocenters. The molecule has 0 spiro atoms. The van der Waals surface area contributed by atoms with Crippen LogP contribution in [-0.2, 0) is 0 Å². The van der Waals surface area contributed by atoms with Gasteiger partial charge < -0.3 is 5.32 Å². The maximum Gasteiger partial charge on any atom is 0.0351 e. The Morgan fingerprint density at radius 1 is 1.05 bits per heavy atom. The molecule has 2 nitrogen and oxygen atoms in total. The maximum atomic E-state index is 3.52. The summed E-state index contributed by atoms with van der Waals surface area (Å²) in [6.45, 7) is 16.1. The molecule has 1 aliphatic rings. The van der Waals surface area contributed by atoms with Gasteiger partial charge in [0.15, 0.2) is 0 Å². The fraction of sp³-hybridized carbons (Fsp3) is 0.667. The van der Waals surface area contributed by atoms with E-state index in [9.17, 15) is 0 Å². The summed E-state index contributed by atoms with van der Waals surface area (Å²) >= 11 is 0. The minimum atomic E-state index is 0.577. The molecule has 1 N–H and O–H groups in total. The summed E-state index contributed by atoms with van der Waals surface area (Å²) in [5.74, 6) is 0. The lowest BCUT2D eigenvalue weighted by atomic mass is 9.88. The Bertz CT molecular complexity index is 431. The fourth-order valence-electron chi connectivity index (χ4n) is 3.57. The zero-order chi connectivity index (χ0) is 14.7. The topological polar surface area (TPSA) is 15.3 Å². The monoisotopic (exact) mass is 274 g/mol. The predicted octanol–water partition coefficient (Wildman–Crippen LogP) is 3.67. The summed E-state index contributed by atoms with van der Waals surface area (Å²) in [5, 5.41) is 3.52. The molecule has 1 fully saturated rings. The zero-order valence-corrected chi connectivity index (χ0v) is 13.8. The Balaban J connectivity index is 2.40. The first-order valence-corrected chi connectivity index (χ1v) is 8.08. The fourth-order valence-corrected chi connectivity index (χ4v) is 3.57. The van der Waals surface area contributed by atoms with E-state index in [2.05, 4.69) is 50.9 Å². The van der Waals surface area contributed by atoms with Crippen molar-refractivity contribution >= 4 is 0 Å². The first-order chi connectivity index (χ1) is 9.56. The molecule has 0 bridgehead atoms. The van der Waals surface area contributed by atoms with E-state index in [1.54, 1.807) is 5.56 Å². The van der Waals surface area contributed by atoms with Crippen molar-refractivity contribution < 1.29 is 0 Å². The standard InChI is InChI=1S/C18H30N2/c1-6-17(20-10-7-8-19-9-11-20)18-15(4)13(2)12-14(3)16(18)5/h12,17,19H,6-11H2,1-5H3. The lowest BCUT2D eigenvalue weighted by molar-refractivity contribution is 0.204. The third kappa shape index (κ3) is 3.07. The second-order valence-corrected chi connectivity index (χ2v) is 6.24. The SMILES string of the molecule is CCC(c1c(C)c(C)cc(C)c1C)N1CCCNCC1. The van der Waals surface area contributed by atoms with Crippen LogP contribution in [0, 0.1) is 27.7 Å². The van der Waals surface area contributed by atoms with Crippen molar-refractivity contribution in [3.63, 3.8) is 0 Å². The van der Waals surface area contributed by atoms with Crippen LogP contribution >= 0.6 is 0 Å². The minimum absolute atomic E-state index is 0.577. The van der Waals surface area contributed by atoms with Gasteiger partial charge in [-0.25, -0.2) is 0 Å². The van der Waals surface area contributed by atoms with Crippen LogP contribution in [0.1, 0.15) is 53.6 Å². The molecule has 2 heteroatoms.